The number of carbonyl (C=O) groups is 5. The van der Waals surface area contributed by atoms with Crippen LogP contribution in [-0.2, 0) is 27.5 Å². The number of nitrogens with zero attached hydrogens (tertiary/aromatic N) is 1. The van der Waals surface area contributed by atoms with Crippen LogP contribution in [0.4, 0.5) is 10.5 Å². The van der Waals surface area contributed by atoms with E-state index in [2.05, 4.69) is 10.6 Å². The van der Waals surface area contributed by atoms with Crippen molar-refractivity contribution in [3.8, 4) is 17.2 Å². The van der Waals surface area contributed by atoms with E-state index in [0.29, 0.717) is 28.5 Å². The predicted molar refractivity (Wildman–Crippen MR) is 136 cm³/mol. The largest absolute Gasteiger partial charge is 0.496 e. The number of methoxy groups -OCH3 is 1. The molecule has 0 spiro atoms. The summed E-state index contributed by atoms with van der Waals surface area (Å²) < 4.78 is 11.1. The fraction of sp³-hybridized carbons (Fsp3) is 0.148. The van der Waals surface area contributed by atoms with Crippen LogP contribution >= 0.6 is 0 Å². The van der Waals surface area contributed by atoms with Crippen molar-refractivity contribution >= 4 is 35.3 Å². The molecular formula is C27H24N4O7. The van der Waals surface area contributed by atoms with Crippen LogP contribution in [0.15, 0.2) is 66.7 Å². The minimum atomic E-state index is -0.988. The Morgan fingerprint density at radius 2 is 1.53 bits per heavy atom. The van der Waals surface area contributed by atoms with Crippen molar-refractivity contribution in [1.82, 2.24) is 15.5 Å². The Bertz CT molecular complexity index is 1400. The van der Waals surface area contributed by atoms with Gasteiger partial charge in [0.15, 0.2) is 0 Å². The fourth-order valence-corrected chi connectivity index (χ4v) is 3.69. The molecule has 0 aromatic heterocycles. The Morgan fingerprint density at radius 3 is 2.11 bits per heavy atom. The average Bonchev–Trinajstić information content (AvgIpc) is 3.14. The molecule has 0 aliphatic carbocycles. The third-order valence-corrected chi connectivity index (χ3v) is 5.54. The van der Waals surface area contributed by atoms with Crippen molar-refractivity contribution in [2.24, 2.45) is 0 Å². The fourth-order valence-electron chi connectivity index (χ4n) is 3.69. The van der Waals surface area contributed by atoms with Gasteiger partial charge in [-0.15, -0.1) is 0 Å². The molecule has 1 aliphatic heterocycles. The number of amides is 6. The van der Waals surface area contributed by atoms with Gasteiger partial charge in [0.2, 0.25) is 5.91 Å². The second-order valence-corrected chi connectivity index (χ2v) is 8.32. The molecule has 11 nitrogen and oxygen atoms in total. The maximum Gasteiger partial charge on any atom is 0.331 e. The van der Waals surface area contributed by atoms with Crippen molar-refractivity contribution in [1.29, 1.82) is 0 Å². The van der Waals surface area contributed by atoms with E-state index in [1.165, 1.54) is 20.1 Å². The summed E-state index contributed by atoms with van der Waals surface area (Å²) in [7, 11) is 1.42. The summed E-state index contributed by atoms with van der Waals surface area (Å²) in [5.74, 6) is -1.00. The van der Waals surface area contributed by atoms with E-state index in [1.807, 2.05) is 17.4 Å². The van der Waals surface area contributed by atoms with E-state index < -0.39 is 23.8 Å². The third kappa shape index (κ3) is 6.13. The molecule has 3 N–H and O–H groups in total. The quantitative estimate of drug-likeness (QED) is 0.293. The highest BCUT2D eigenvalue weighted by molar-refractivity contribution is 6.44. The zero-order valence-electron chi connectivity index (χ0n) is 20.6. The van der Waals surface area contributed by atoms with Crippen LogP contribution in [0, 0.1) is 0 Å². The van der Waals surface area contributed by atoms with Gasteiger partial charge in [0, 0.05) is 19.2 Å². The molecular weight excluding hydrogens is 492 g/mol. The van der Waals surface area contributed by atoms with Crippen molar-refractivity contribution in [2.75, 3.05) is 12.4 Å². The van der Waals surface area contributed by atoms with E-state index in [1.54, 1.807) is 48.5 Å². The zero-order valence-corrected chi connectivity index (χ0v) is 20.6. The number of hydrogen-bond donors (Lipinski definition) is 3. The molecule has 0 atom stereocenters. The van der Waals surface area contributed by atoms with Crippen LogP contribution in [0.25, 0.3) is 0 Å². The first kappa shape index (κ1) is 25.9. The van der Waals surface area contributed by atoms with Gasteiger partial charge in [-0.05, 0) is 59.7 Å². The Balaban J connectivity index is 1.37. The number of benzene rings is 3. The summed E-state index contributed by atoms with van der Waals surface area (Å²) in [6.45, 7) is 1.49. The molecule has 4 rings (SSSR count). The molecule has 3 aromatic rings. The van der Waals surface area contributed by atoms with Crippen LogP contribution < -0.4 is 25.4 Å². The monoisotopic (exact) mass is 516 g/mol. The van der Waals surface area contributed by atoms with Crippen LogP contribution in [0.5, 0.6) is 17.2 Å². The number of rotatable bonds is 9. The van der Waals surface area contributed by atoms with E-state index in [0.717, 1.165) is 10.5 Å². The number of urea groups is 1. The lowest BCUT2D eigenvalue weighted by Gasteiger charge is -2.14. The lowest BCUT2D eigenvalue weighted by molar-refractivity contribution is -0.140. The molecule has 1 fully saturated rings. The van der Waals surface area contributed by atoms with Gasteiger partial charge in [-0.3, -0.25) is 29.4 Å². The van der Waals surface area contributed by atoms with Crippen LogP contribution in [0.3, 0.4) is 0 Å². The van der Waals surface area contributed by atoms with E-state index >= 15 is 0 Å². The molecule has 0 radical (unpaired) electrons. The second-order valence-electron chi connectivity index (χ2n) is 8.32. The van der Waals surface area contributed by atoms with E-state index in [4.69, 9.17) is 9.47 Å². The first-order valence-corrected chi connectivity index (χ1v) is 11.5. The minimum absolute atomic E-state index is 0.155. The molecule has 6 amide bonds. The molecule has 3 aromatic carbocycles. The Kier molecular flexibility index (Phi) is 7.66. The first-order valence-electron chi connectivity index (χ1n) is 11.5. The summed E-state index contributed by atoms with van der Waals surface area (Å²) in [6.07, 6.45) is 0. The minimum Gasteiger partial charge on any atom is -0.496 e. The van der Waals surface area contributed by atoms with Crippen molar-refractivity contribution in [3.05, 3.63) is 83.4 Å². The van der Waals surface area contributed by atoms with Gasteiger partial charge in [0.1, 0.15) is 17.2 Å². The maximum absolute atomic E-state index is 12.9. The number of carbonyl (C=O) groups excluding carboxylic acids is 5. The maximum atomic E-state index is 12.9. The zero-order chi connectivity index (χ0) is 27.2. The Labute approximate surface area is 217 Å². The van der Waals surface area contributed by atoms with Gasteiger partial charge < -0.3 is 20.1 Å². The highest BCUT2D eigenvalue weighted by Crippen LogP contribution is 2.24. The van der Waals surface area contributed by atoms with Crippen LogP contribution in [0.1, 0.15) is 28.4 Å². The SMILES string of the molecule is COc1ccc(CN2C(=O)NC(=O)C2=O)cc1C(=O)NCc1ccc(Oc2ccc(NC(C)=O)cc2)cc1. The standard InChI is InChI=1S/C27H24N4O7/c1-16(32)29-19-6-10-21(11-7-19)38-20-8-3-17(4-9-20)14-28-24(33)22-13-18(5-12-23(22)37-2)15-31-26(35)25(34)30-27(31)36/h3-13H,14-15H2,1-2H3,(H,28,33)(H,29,32)(H,30,34,36). The van der Waals surface area contributed by atoms with Crippen molar-refractivity contribution in [2.45, 2.75) is 20.0 Å². The Hall–Kier alpha value is -5.19. The van der Waals surface area contributed by atoms with Crippen LogP contribution in [-0.4, -0.2) is 41.7 Å². The summed E-state index contributed by atoms with van der Waals surface area (Å²) in [5.41, 5.74) is 2.18. The molecule has 0 saturated carbocycles. The van der Waals surface area contributed by atoms with Gasteiger partial charge in [-0.25, -0.2) is 4.79 Å². The summed E-state index contributed by atoms with van der Waals surface area (Å²) in [5, 5.41) is 7.44. The molecule has 0 bridgehead atoms. The van der Waals surface area contributed by atoms with Gasteiger partial charge in [0.05, 0.1) is 19.2 Å². The number of imide groups is 2. The van der Waals surface area contributed by atoms with Gasteiger partial charge in [-0.2, -0.15) is 0 Å². The van der Waals surface area contributed by atoms with Gasteiger partial charge in [-0.1, -0.05) is 18.2 Å². The highest BCUT2D eigenvalue weighted by atomic mass is 16.5. The number of nitrogens with one attached hydrogen (secondary N) is 3. The normalized spacial score (nSPS) is 12.7. The molecule has 1 aliphatic rings. The lowest BCUT2D eigenvalue weighted by atomic mass is 10.1. The van der Waals surface area contributed by atoms with Gasteiger partial charge in [0.25, 0.3) is 5.91 Å². The van der Waals surface area contributed by atoms with Gasteiger partial charge >= 0.3 is 17.8 Å². The van der Waals surface area contributed by atoms with Crippen LogP contribution in [0.2, 0.25) is 0 Å². The average molecular weight is 517 g/mol. The molecule has 194 valence electrons. The second kappa shape index (κ2) is 11.2. The van der Waals surface area contributed by atoms with E-state index in [-0.39, 0.29) is 24.6 Å². The molecule has 11 heteroatoms. The molecule has 1 heterocycles. The predicted octanol–water partition coefficient (Wildman–Crippen LogP) is 2.95. The number of hydrogen-bond acceptors (Lipinski definition) is 7. The summed E-state index contributed by atoms with van der Waals surface area (Å²) in [6, 6.07) is 18.0. The molecule has 0 unspecified atom stereocenters. The smallest absolute Gasteiger partial charge is 0.331 e. The van der Waals surface area contributed by atoms with E-state index in [9.17, 15) is 24.0 Å². The summed E-state index contributed by atoms with van der Waals surface area (Å²) >= 11 is 0. The van der Waals surface area contributed by atoms with Crippen molar-refractivity contribution in [3.63, 3.8) is 0 Å². The highest BCUT2D eigenvalue weighted by Gasteiger charge is 2.36. The topological polar surface area (TPSA) is 143 Å². The lowest BCUT2D eigenvalue weighted by Crippen LogP contribution is -2.30. The first-order chi connectivity index (χ1) is 18.2. The number of anilines is 1. The van der Waals surface area contributed by atoms with Crippen molar-refractivity contribution < 1.29 is 33.4 Å². The molecule has 38 heavy (non-hydrogen) atoms. The Morgan fingerprint density at radius 1 is 0.895 bits per heavy atom. The third-order valence-electron chi connectivity index (χ3n) is 5.54. The number of ether oxygens (including phenoxy) is 2. The molecule has 1 saturated heterocycles. The summed E-state index contributed by atoms with van der Waals surface area (Å²) in [4.78, 5) is 59.9.